The maximum Gasteiger partial charge on any atom is 0.260 e. The Morgan fingerprint density at radius 1 is 1.24 bits per heavy atom. The summed E-state index contributed by atoms with van der Waals surface area (Å²) in [7, 11) is 0. The van der Waals surface area contributed by atoms with Crippen LogP contribution in [0, 0.1) is 12.3 Å². The van der Waals surface area contributed by atoms with Gasteiger partial charge in [0.2, 0.25) is 0 Å². The highest BCUT2D eigenvalue weighted by molar-refractivity contribution is 5.72. The monoisotopic (exact) mass is 289 g/mol. The lowest BCUT2D eigenvalue weighted by molar-refractivity contribution is 0.127. The largest absolute Gasteiger partial charge is 0.396 e. The van der Waals surface area contributed by atoms with E-state index >= 15 is 0 Å². The minimum Gasteiger partial charge on any atom is -0.396 e. The lowest BCUT2D eigenvalue weighted by atomic mass is 9.83. The lowest BCUT2D eigenvalue weighted by Gasteiger charge is -2.30. The van der Waals surface area contributed by atoms with Crippen molar-refractivity contribution in [1.29, 1.82) is 0 Å². The number of hydrogen-bond acceptors (Lipinski definition) is 5. The number of aliphatic hydroxyl groups is 1. The van der Waals surface area contributed by atoms with E-state index in [2.05, 4.69) is 29.3 Å². The number of aliphatic hydroxyl groups excluding tert-OH is 1. The lowest BCUT2D eigenvalue weighted by Crippen LogP contribution is -2.32. The molecule has 0 aliphatic rings. The normalized spacial score (nSPS) is 11.6. The first-order chi connectivity index (χ1) is 10.1. The van der Waals surface area contributed by atoms with Gasteiger partial charge in [-0.1, -0.05) is 31.1 Å². The summed E-state index contributed by atoms with van der Waals surface area (Å²) in [6.45, 7) is 6.90. The minimum atomic E-state index is -0.0993. The Hall–Kier alpha value is -1.88. The van der Waals surface area contributed by atoms with Crippen LogP contribution in [0.2, 0.25) is 0 Å². The molecule has 5 heteroatoms. The average molecular weight is 289 g/mol. The van der Waals surface area contributed by atoms with E-state index < -0.39 is 0 Å². The van der Waals surface area contributed by atoms with Crippen molar-refractivity contribution in [1.82, 2.24) is 10.1 Å². The molecule has 0 saturated heterocycles. The molecule has 0 spiro atoms. The molecule has 0 fully saturated rings. The van der Waals surface area contributed by atoms with Gasteiger partial charge in [-0.25, -0.2) is 0 Å². The van der Waals surface area contributed by atoms with Crippen molar-refractivity contribution in [2.24, 2.45) is 5.41 Å². The van der Waals surface area contributed by atoms with Crippen molar-refractivity contribution in [3.63, 3.8) is 0 Å². The quantitative estimate of drug-likeness (QED) is 0.818. The van der Waals surface area contributed by atoms with Crippen molar-refractivity contribution >= 4 is 5.69 Å². The molecule has 2 N–H and O–H groups in total. The van der Waals surface area contributed by atoms with E-state index in [-0.39, 0.29) is 12.0 Å². The number of hydrogen-bond donors (Lipinski definition) is 2. The second-order valence-electron chi connectivity index (χ2n) is 5.41. The fraction of sp³-hybridized carbons (Fsp3) is 0.500. The number of para-hydroxylation sites is 1. The van der Waals surface area contributed by atoms with Crippen molar-refractivity contribution < 1.29 is 9.63 Å². The van der Waals surface area contributed by atoms with Crippen molar-refractivity contribution in [3.8, 4) is 11.5 Å². The standard InChI is InChI=1S/C16H23N3O2/c1-4-16(5-2,11-20)10-17-14-9-7-6-8-13(14)15-18-12(3)19-21-15/h6-9,17,20H,4-5,10-11H2,1-3H3. The van der Waals surface area contributed by atoms with Gasteiger partial charge in [0, 0.05) is 17.6 Å². The zero-order chi connectivity index (χ0) is 15.3. The maximum atomic E-state index is 9.66. The molecular formula is C16H23N3O2. The van der Waals surface area contributed by atoms with Crippen molar-refractivity contribution in [2.45, 2.75) is 33.6 Å². The molecule has 0 bridgehead atoms. The number of nitrogens with one attached hydrogen (secondary N) is 1. The number of nitrogens with zero attached hydrogens (tertiary/aromatic N) is 2. The van der Waals surface area contributed by atoms with E-state index in [1.165, 1.54) is 0 Å². The van der Waals surface area contributed by atoms with Crippen LogP contribution in [0.1, 0.15) is 32.5 Å². The van der Waals surface area contributed by atoms with Crippen LogP contribution in [-0.2, 0) is 0 Å². The number of anilines is 1. The molecule has 0 aliphatic carbocycles. The van der Waals surface area contributed by atoms with Crippen LogP contribution in [0.5, 0.6) is 0 Å². The van der Waals surface area contributed by atoms with Gasteiger partial charge >= 0.3 is 0 Å². The summed E-state index contributed by atoms with van der Waals surface area (Å²) in [4.78, 5) is 4.28. The fourth-order valence-electron chi connectivity index (χ4n) is 2.29. The maximum absolute atomic E-state index is 9.66. The van der Waals surface area contributed by atoms with E-state index in [4.69, 9.17) is 4.52 Å². The zero-order valence-corrected chi connectivity index (χ0v) is 12.9. The van der Waals surface area contributed by atoms with Crippen LogP contribution < -0.4 is 5.32 Å². The van der Waals surface area contributed by atoms with Gasteiger partial charge < -0.3 is 14.9 Å². The Bertz CT molecular complexity index is 568. The summed E-state index contributed by atoms with van der Waals surface area (Å²) in [5.74, 6) is 1.13. The van der Waals surface area contributed by atoms with E-state index in [9.17, 15) is 5.11 Å². The number of aryl methyl sites for hydroxylation is 1. The highest BCUT2D eigenvalue weighted by Gasteiger charge is 2.25. The zero-order valence-electron chi connectivity index (χ0n) is 12.9. The van der Waals surface area contributed by atoms with Crippen LogP contribution in [0.3, 0.4) is 0 Å². The van der Waals surface area contributed by atoms with Gasteiger partial charge in [-0.05, 0) is 31.9 Å². The molecule has 0 amide bonds. The molecule has 114 valence electrons. The Balaban J connectivity index is 2.21. The molecule has 0 unspecified atom stereocenters. The van der Waals surface area contributed by atoms with Crippen LogP contribution >= 0.6 is 0 Å². The molecule has 2 rings (SSSR count). The van der Waals surface area contributed by atoms with Gasteiger partial charge in [0.15, 0.2) is 5.82 Å². The van der Waals surface area contributed by atoms with Crippen LogP contribution in [-0.4, -0.2) is 28.4 Å². The summed E-state index contributed by atoms with van der Waals surface area (Å²) >= 11 is 0. The van der Waals surface area contributed by atoms with Crippen LogP contribution in [0.4, 0.5) is 5.69 Å². The topological polar surface area (TPSA) is 71.2 Å². The van der Waals surface area contributed by atoms with Gasteiger partial charge in [0.05, 0.1) is 12.2 Å². The highest BCUT2D eigenvalue weighted by atomic mass is 16.5. The van der Waals surface area contributed by atoms with Crippen molar-refractivity contribution in [2.75, 3.05) is 18.5 Å². The first-order valence-electron chi connectivity index (χ1n) is 7.38. The van der Waals surface area contributed by atoms with Gasteiger partial charge in [0.25, 0.3) is 5.89 Å². The molecule has 1 heterocycles. The van der Waals surface area contributed by atoms with Gasteiger partial charge in [-0.2, -0.15) is 4.98 Å². The van der Waals surface area contributed by atoms with Gasteiger partial charge in [0.1, 0.15) is 0 Å². The van der Waals surface area contributed by atoms with Crippen LogP contribution in [0.15, 0.2) is 28.8 Å². The molecule has 0 atom stereocenters. The Morgan fingerprint density at radius 3 is 2.52 bits per heavy atom. The minimum absolute atomic E-state index is 0.0993. The first kappa shape index (κ1) is 15.5. The molecule has 0 saturated carbocycles. The van der Waals surface area contributed by atoms with Gasteiger partial charge in [-0.3, -0.25) is 0 Å². The predicted molar refractivity (Wildman–Crippen MR) is 83.1 cm³/mol. The summed E-state index contributed by atoms with van der Waals surface area (Å²) in [6, 6.07) is 7.85. The second kappa shape index (κ2) is 6.72. The third kappa shape index (κ3) is 3.42. The summed E-state index contributed by atoms with van der Waals surface area (Å²) in [5, 5.41) is 16.9. The molecule has 1 aromatic heterocycles. The summed E-state index contributed by atoms with van der Waals surface area (Å²) in [5.41, 5.74) is 1.73. The van der Waals surface area contributed by atoms with E-state index in [1.54, 1.807) is 6.92 Å². The van der Waals surface area contributed by atoms with E-state index in [0.717, 1.165) is 24.1 Å². The smallest absolute Gasteiger partial charge is 0.260 e. The molecular weight excluding hydrogens is 266 g/mol. The SMILES string of the molecule is CCC(CC)(CO)CNc1ccccc1-c1nc(C)no1. The van der Waals surface area contributed by atoms with E-state index in [0.29, 0.717) is 18.3 Å². The summed E-state index contributed by atoms with van der Waals surface area (Å²) in [6.07, 6.45) is 1.85. The van der Waals surface area contributed by atoms with Crippen molar-refractivity contribution in [3.05, 3.63) is 30.1 Å². The second-order valence-corrected chi connectivity index (χ2v) is 5.41. The van der Waals surface area contributed by atoms with E-state index in [1.807, 2.05) is 24.3 Å². The predicted octanol–water partition coefficient (Wildman–Crippen LogP) is 3.26. The molecule has 2 aromatic rings. The Morgan fingerprint density at radius 2 is 1.95 bits per heavy atom. The fourth-order valence-corrected chi connectivity index (χ4v) is 2.29. The third-order valence-corrected chi connectivity index (χ3v) is 4.17. The molecule has 0 radical (unpaired) electrons. The molecule has 0 aliphatic heterocycles. The molecule has 5 nitrogen and oxygen atoms in total. The Kier molecular flexibility index (Phi) is 4.96. The Labute approximate surface area is 125 Å². The molecule has 1 aromatic carbocycles. The highest BCUT2D eigenvalue weighted by Crippen LogP contribution is 2.30. The van der Waals surface area contributed by atoms with Gasteiger partial charge in [-0.15, -0.1) is 0 Å². The number of rotatable bonds is 7. The third-order valence-electron chi connectivity index (χ3n) is 4.17. The first-order valence-corrected chi connectivity index (χ1v) is 7.38. The summed E-state index contributed by atoms with van der Waals surface area (Å²) < 4.78 is 5.25. The number of benzene rings is 1. The average Bonchev–Trinajstić information content (AvgIpc) is 2.96. The molecule has 21 heavy (non-hydrogen) atoms. The number of aromatic nitrogens is 2. The van der Waals surface area contributed by atoms with Crippen LogP contribution in [0.25, 0.3) is 11.5 Å².